The van der Waals surface area contributed by atoms with Crippen molar-refractivity contribution >= 4 is 11.9 Å². The molecule has 0 radical (unpaired) electrons. The van der Waals surface area contributed by atoms with Crippen molar-refractivity contribution in [3.8, 4) is 5.75 Å². The van der Waals surface area contributed by atoms with Crippen LogP contribution in [0.25, 0.3) is 0 Å². The largest absolute Gasteiger partial charge is 0.508 e. The van der Waals surface area contributed by atoms with E-state index in [1.165, 1.54) is 12.1 Å². The Kier molecular flexibility index (Phi) is 4.32. The van der Waals surface area contributed by atoms with E-state index >= 15 is 0 Å². The summed E-state index contributed by atoms with van der Waals surface area (Å²) in [6.45, 7) is -0.603. The average molecular weight is 224 g/mol. The molecule has 1 rings (SSSR count). The minimum Gasteiger partial charge on any atom is -0.508 e. The number of aryl methyl sites for hydroxylation is 1. The summed E-state index contributed by atoms with van der Waals surface area (Å²) in [5, 5.41) is 17.3. The van der Waals surface area contributed by atoms with Crippen LogP contribution in [0, 0.1) is 0 Å². The molecule has 0 fully saturated rings. The zero-order valence-corrected chi connectivity index (χ0v) is 8.55. The van der Waals surface area contributed by atoms with Gasteiger partial charge in [0.25, 0.3) is 0 Å². The van der Waals surface area contributed by atoms with Crippen molar-refractivity contribution in [1.29, 1.82) is 0 Å². The maximum atomic E-state index is 11.1. The van der Waals surface area contributed by atoms with E-state index in [2.05, 4.69) is 4.74 Å². The third kappa shape index (κ3) is 4.45. The van der Waals surface area contributed by atoms with Crippen LogP contribution < -0.4 is 0 Å². The van der Waals surface area contributed by atoms with Gasteiger partial charge in [-0.05, 0) is 24.1 Å². The topological polar surface area (TPSA) is 83.8 Å². The number of hydrogen-bond donors (Lipinski definition) is 2. The second kappa shape index (κ2) is 5.75. The van der Waals surface area contributed by atoms with Crippen molar-refractivity contribution in [1.82, 2.24) is 0 Å². The number of ether oxygens (including phenoxy) is 1. The van der Waals surface area contributed by atoms with E-state index in [-0.39, 0.29) is 12.2 Å². The number of phenols is 1. The first-order chi connectivity index (χ1) is 7.58. The normalized spacial score (nSPS) is 9.75. The van der Waals surface area contributed by atoms with Gasteiger partial charge in [-0.25, -0.2) is 4.79 Å². The van der Waals surface area contributed by atoms with Gasteiger partial charge >= 0.3 is 11.9 Å². The monoisotopic (exact) mass is 224 g/mol. The fourth-order valence-electron chi connectivity index (χ4n) is 1.12. The Hall–Kier alpha value is -2.04. The molecule has 0 saturated heterocycles. The Morgan fingerprint density at radius 2 is 1.81 bits per heavy atom. The predicted molar refractivity (Wildman–Crippen MR) is 55.0 cm³/mol. The minimum atomic E-state index is -1.17. The molecule has 0 unspecified atom stereocenters. The van der Waals surface area contributed by atoms with E-state index in [9.17, 15) is 9.59 Å². The quantitative estimate of drug-likeness (QED) is 0.727. The summed E-state index contributed by atoms with van der Waals surface area (Å²) in [7, 11) is 0. The van der Waals surface area contributed by atoms with E-state index in [0.717, 1.165) is 5.56 Å². The summed E-state index contributed by atoms with van der Waals surface area (Å²) < 4.78 is 4.46. The first-order valence-electron chi connectivity index (χ1n) is 4.73. The molecule has 0 saturated carbocycles. The lowest BCUT2D eigenvalue weighted by molar-refractivity contribution is -0.155. The number of phenolic OH excluding ortho intramolecular Hbond substituents is 1. The van der Waals surface area contributed by atoms with E-state index in [4.69, 9.17) is 10.2 Å². The summed E-state index contributed by atoms with van der Waals surface area (Å²) in [4.78, 5) is 21.2. The summed E-state index contributed by atoms with van der Waals surface area (Å²) in [5.74, 6) is -1.55. The molecule has 5 heteroatoms. The molecule has 16 heavy (non-hydrogen) atoms. The van der Waals surface area contributed by atoms with Crippen molar-refractivity contribution in [2.45, 2.75) is 12.8 Å². The van der Waals surface area contributed by atoms with Crippen LogP contribution in [0.3, 0.4) is 0 Å². The number of benzene rings is 1. The molecular weight excluding hydrogens is 212 g/mol. The second-order valence-corrected chi connectivity index (χ2v) is 3.22. The molecule has 0 aromatic heterocycles. The summed E-state index contributed by atoms with van der Waals surface area (Å²) in [6, 6.07) is 6.44. The van der Waals surface area contributed by atoms with Gasteiger partial charge in [0.15, 0.2) is 6.61 Å². The number of aromatic hydroxyl groups is 1. The van der Waals surface area contributed by atoms with Crippen LogP contribution in [0.5, 0.6) is 5.75 Å². The van der Waals surface area contributed by atoms with Crippen molar-refractivity contribution in [2.75, 3.05) is 6.61 Å². The predicted octanol–water partition coefficient (Wildman–Crippen LogP) is 0.953. The lowest BCUT2D eigenvalue weighted by atomic mass is 10.1. The molecule has 0 spiro atoms. The second-order valence-electron chi connectivity index (χ2n) is 3.22. The van der Waals surface area contributed by atoms with Gasteiger partial charge in [-0.15, -0.1) is 0 Å². The molecule has 1 aromatic rings. The fourth-order valence-corrected chi connectivity index (χ4v) is 1.12. The van der Waals surface area contributed by atoms with Crippen LogP contribution in [-0.4, -0.2) is 28.8 Å². The number of carbonyl (C=O) groups is 2. The highest BCUT2D eigenvalue weighted by Crippen LogP contribution is 2.11. The molecule has 0 heterocycles. The van der Waals surface area contributed by atoms with Gasteiger partial charge in [0.1, 0.15) is 5.75 Å². The van der Waals surface area contributed by atoms with E-state index in [0.29, 0.717) is 6.42 Å². The minimum absolute atomic E-state index is 0.123. The molecule has 0 amide bonds. The Bertz CT molecular complexity index is 368. The van der Waals surface area contributed by atoms with Crippen LogP contribution in [0.4, 0.5) is 0 Å². The molecule has 0 aliphatic rings. The lowest BCUT2D eigenvalue weighted by Crippen LogP contribution is -2.13. The number of carbonyl (C=O) groups excluding carboxylic acids is 1. The number of esters is 1. The van der Waals surface area contributed by atoms with Gasteiger partial charge in [0.2, 0.25) is 0 Å². The summed E-state index contributed by atoms with van der Waals surface area (Å²) in [6.07, 6.45) is 0.580. The number of carboxylic acid groups (broad SMARTS) is 1. The van der Waals surface area contributed by atoms with Crippen molar-refractivity contribution in [2.24, 2.45) is 0 Å². The van der Waals surface area contributed by atoms with Gasteiger partial charge in [-0.3, -0.25) is 4.79 Å². The van der Waals surface area contributed by atoms with Crippen LogP contribution in [-0.2, 0) is 20.7 Å². The molecule has 0 atom stereocenters. The van der Waals surface area contributed by atoms with Gasteiger partial charge < -0.3 is 14.9 Å². The molecular formula is C11H12O5. The summed E-state index contributed by atoms with van der Waals surface area (Å²) in [5.41, 5.74) is 0.880. The van der Waals surface area contributed by atoms with Crippen molar-refractivity contribution in [3.05, 3.63) is 29.8 Å². The number of hydrogen-bond acceptors (Lipinski definition) is 4. The van der Waals surface area contributed by atoms with Gasteiger partial charge in [0.05, 0.1) is 0 Å². The van der Waals surface area contributed by atoms with E-state index in [1.807, 2.05) is 0 Å². The van der Waals surface area contributed by atoms with Gasteiger partial charge in [-0.2, -0.15) is 0 Å². The first kappa shape index (κ1) is 12.0. The average Bonchev–Trinajstić information content (AvgIpc) is 2.25. The van der Waals surface area contributed by atoms with Crippen molar-refractivity contribution in [3.63, 3.8) is 0 Å². The number of carboxylic acids is 1. The molecule has 1 aromatic carbocycles. The zero-order valence-electron chi connectivity index (χ0n) is 8.55. The maximum Gasteiger partial charge on any atom is 0.341 e. The smallest absolute Gasteiger partial charge is 0.341 e. The van der Waals surface area contributed by atoms with E-state index < -0.39 is 18.5 Å². The van der Waals surface area contributed by atoms with Gasteiger partial charge in [0, 0.05) is 6.42 Å². The van der Waals surface area contributed by atoms with Crippen LogP contribution in [0.15, 0.2) is 24.3 Å². The maximum absolute atomic E-state index is 11.1. The summed E-state index contributed by atoms with van der Waals surface area (Å²) >= 11 is 0. The van der Waals surface area contributed by atoms with Crippen molar-refractivity contribution < 1.29 is 24.5 Å². The molecule has 86 valence electrons. The molecule has 0 aliphatic heterocycles. The first-order valence-corrected chi connectivity index (χ1v) is 4.73. The third-order valence-corrected chi connectivity index (χ3v) is 1.91. The molecule has 2 N–H and O–H groups in total. The number of rotatable bonds is 5. The highest BCUT2D eigenvalue weighted by Gasteiger charge is 2.06. The van der Waals surface area contributed by atoms with E-state index in [1.54, 1.807) is 12.1 Å². The third-order valence-electron chi connectivity index (χ3n) is 1.91. The highest BCUT2D eigenvalue weighted by atomic mass is 16.5. The fraction of sp³-hybridized carbons (Fsp3) is 0.273. The lowest BCUT2D eigenvalue weighted by Gasteiger charge is -2.02. The Labute approximate surface area is 92.3 Å². The van der Waals surface area contributed by atoms with Gasteiger partial charge in [-0.1, -0.05) is 12.1 Å². The SMILES string of the molecule is O=C(O)COC(=O)CCc1ccc(O)cc1. The molecule has 0 bridgehead atoms. The standard InChI is InChI=1S/C11H12O5/c12-9-4-1-8(2-5-9)3-6-11(15)16-7-10(13)14/h1-2,4-5,12H,3,6-7H2,(H,13,14). The zero-order chi connectivity index (χ0) is 12.0. The molecule has 5 nitrogen and oxygen atoms in total. The Morgan fingerprint density at radius 3 is 2.38 bits per heavy atom. The highest BCUT2D eigenvalue weighted by molar-refractivity contribution is 5.75. The number of aliphatic carboxylic acids is 1. The Balaban J connectivity index is 2.31. The Morgan fingerprint density at radius 1 is 1.19 bits per heavy atom. The molecule has 0 aliphatic carbocycles. The van der Waals surface area contributed by atoms with Crippen LogP contribution in [0.2, 0.25) is 0 Å². The van der Waals surface area contributed by atoms with Crippen LogP contribution in [0.1, 0.15) is 12.0 Å². The van der Waals surface area contributed by atoms with Crippen LogP contribution >= 0.6 is 0 Å².